The third-order valence-electron chi connectivity index (χ3n) is 8.54. The largest absolute Gasteiger partial charge is 0.374 e. The molecule has 0 amide bonds. The Bertz CT molecular complexity index is 1580. The van der Waals surface area contributed by atoms with E-state index in [2.05, 4.69) is 79.7 Å². The molecule has 1 saturated heterocycles. The highest BCUT2D eigenvalue weighted by Gasteiger charge is 2.48. The Balaban J connectivity index is 1.31. The van der Waals surface area contributed by atoms with Gasteiger partial charge in [-0.3, -0.25) is 0 Å². The van der Waals surface area contributed by atoms with Crippen LogP contribution in [0.3, 0.4) is 0 Å². The lowest BCUT2D eigenvalue weighted by Gasteiger charge is -2.46. The standard InChI is InChI=1S/C42H44O5/c1-32-22-24-33(25-23-32)26-38-40(44-28-35-16-8-3-9-17-35)42(46-30-37-20-12-5-13-21-37)41(45-29-36-18-10-4-11-19-36)39(47-38)31-43-27-34-14-6-2-7-15-34/h2-25,38-42H,26-31H2,1H3/t38-,39+,40-,41+,42+/m0/s1. The average molecular weight is 629 g/mol. The molecule has 5 aromatic rings. The predicted molar refractivity (Wildman–Crippen MR) is 185 cm³/mol. The van der Waals surface area contributed by atoms with Crippen molar-refractivity contribution in [2.75, 3.05) is 6.61 Å². The van der Waals surface area contributed by atoms with Crippen LogP contribution in [0.25, 0.3) is 0 Å². The van der Waals surface area contributed by atoms with Crippen molar-refractivity contribution in [3.63, 3.8) is 0 Å². The molecular weight excluding hydrogens is 584 g/mol. The maximum Gasteiger partial charge on any atom is 0.115 e. The summed E-state index contributed by atoms with van der Waals surface area (Å²) in [7, 11) is 0. The molecular formula is C42H44O5. The van der Waals surface area contributed by atoms with Crippen molar-refractivity contribution >= 4 is 0 Å². The van der Waals surface area contributed by atoms with E-state index in [-0.39, 0.29) is 12.2 Å². The second-order valence-electron chi connectivity index (χ2n) is 12.2. The van der Waals surface area contributed by atoms with E-state index in [1.165, 1.54) is 11.1 Å². The average Bonchev–Trinajstić information content (AvgIpc) is 3.12. The molecule has 5 atom stereocenters. The zero-order valence-corrected chi connectivity index (χ0v) is 27.0. The number of ether oxygens (including phenoxy) is 5. The number of rotatable bonds is 15. The first kappa shape index (κ1) is 32.8. The van der Waals surface area contributed by atoms with Crippen LogP contribution in [-0.4, -0.2) is 37.1 Å². The summed E-state index contributed by atoms with van der Waals surface area (Å²) < 4.78 is 33.8. The van der Waals surface area contributed by atoms with E-state index in [0.717, 1.165) is 22.3 Å². The molecule has 6 rings (SSSR count). The molecule has 47 heavy (non-hydrogen) atoms. The second kappa shape index (κ2) is 17.2. The fraction of sp³-hybridized carbons (Fsp3) is 0.286. The Hall–Kier alpha value is -4.10. The summed E-state index contributed by atoms with van der Waals surface area (Å²) in [4.78, 5) is 0. The van der Waals surface area contributed by atoms with Crippen molar-refractivity contribution < 1.29 is 23.7 Å². The summed E-state index contributed by atoms with van der Waals surface area (Å²) in [6.07, 6.45) is -1.25. The number of benzene rings is 5. The van der Waals surface area contributed by atoms with E-state index in [1.54, 1.807) is 0 Å². The first-order valence-corrected chi connectivity index (χ1v) is 16.5. The van der Waals surface area contributed by atoms with Gasteiger partial charge in [0.25, 0.3) is 0 Å². The fourth-order valence-electron chi connectivity index (χ4n) is 6.01. The highest BCUT2D eigenvalue weighted by Crippen LogP contribution is 2.32. The highest BCUT2D eigenvalue weighted by molar-refractivity contribution is 5.23. The smallest absolute Gasteiger partial charge is 0.115 e. The Kier molecular flexibility index (Phi) is 12.0. The van der Waals surface area contributed by atoms with Crippen molar-refractivity contribution in [1.29, 1.82) is 0 Å². The van der Waals surface area contributed by atoms with Gasteiger partial charge in [-0.15, -0.1) is 0 Å². The van der Waals surface area contributed by atoms with Crippen LogP contribution in [0.4, 0.5) is 0 Å². The van der Waals surface area contributed by atoms with Gasteiger partial charge in [0.15, 0.2) is 0 Å². The third-order valence-corrected chi connectivity index (χ3v) is 8.54. The molecule has 0 aliphatic carbocycles. The van der Waals surface area contributed by atoms with E-state index in [4.69, 9.17) is 23.7 Å². The molecule has 242 valence electrons. The molecule has 0 spiro atoms. The lowest BCUT2D eigenvalue weighted by molar-refractivity contribution is -0.272. The summed E-state index contributed by atoms with van der Waals surface area (Å²) >= 11 is 0. The molecule has 5 aromatic carbocycles. The zero-order valence-electron chi connectivity index (χ0n) is 27.0. The molecule has 0 saturated carbocycles. The molecule has 1 aliphatic rings. The van der Waals surface area contributed by atoms with Crippen molar-refractivity contribution in [3.05, 3.63) is 179 Å². The molecule has 1 heterocycles. The van der Waals surface area contributed by atoms with E-state index >= 15 is 0 Å². The van der Waals surface area contributed by atoms with Crippen LogP contribution in [0.2, 0.25) is 0 Å². The fourth-order valence-corrected chi connectivity index (χ4v) is 6.01. The lowest BCUT2D eigenvalue weighted by Crippen LogP contribution is -2.61. The van der Waals surface area contributed by atoms with Gasteiger partial charge in [-0.25, -0.2) is 0 Å². The lowest BCUT2D eigenvalue weighted by atomic mass is 9.90. The summed E-state index contributed by atoms with van der Waals surface area (Å²) in [5.74, 6) is 0. The molecule has 0 bridgehead atoms. The minimum Gasteiger partial charge on any atom is -0.374 e. The molecule has 5 heteroatoms. The van der Waals surface area contributed by atoms with E-state index < -0.39 is 18.3 Å². The first-order chi connectivity index (χ1) is 23.2. The van der Waals surface area contributed by atoms with Crippen LogP contribution in [0, 0.1) is 6.92 Å². The highest BCUT2D eigenvalue weighted by atomic mass is 16.6. The number of aryl methyl sites for hydroxylation is 1. The molecule has 0 N–H and O–H groups in total. The number of hydrogen-bond donors (Lipinski definition) is 0. The van der Waals surface area contributed by atoms with Gasteiger partial charge in [-0.1, -0.05) is 151 Å². The quantitative estimate of drug-likeness (QED) is 0.117. The van der Waals surface area contributed by atoms with Crippen LogP contribution in [0.5, 0.6) is 0 Å². The summed E-state index contributed by atoms with van der Waals surface area (Å²) in [5, 5.41) is 0. The van der Waals surface area contributed by atoms with Crippen LogP contribution >= 0.6 is 0 Å². The molecule has 0 radical (unpaired) electrons. The molecule has 1 aliphatic heterocycles. The Morgan fingerprint density at radius 1 is 0.426 bits per heavy atom. The minimum atomic E-state index is -0.440. The Morgan fingerprint density at radius 3 is 1.30 bits per heavy atom. The van der Waals surface area contributed by atoms with E-state index in [9.17, 15) is 0 Å². The maximum atomic E-state index is 6.99. The van der Waals surface area contributed by atoms with Crippen molar-refractivity contribution in [3.8, 4) is 0 Å². The van der Waals surface area contributed by atoms with Gasteiger partial charge in [-0.05, 0) is 34.7 Å². The number of hydrogen-bond acceptors (Lipinski definition) is 5. The van der Waals surface area contributed by atoms with Gasteiger partial charge in [-0.2, -0.15) is 0 Å². The summed E-state index contributed by atoms with van der Waals surface area (Å²) in [5.41, 5.74) is 6.79. The van der Waals surface area contributed by atoms with Crippen molar-refractivity contribution in [2.45, 2.75) is 70.3 Å². The van der Waals surface area contributed by atoms with Crippen LogP contribution < -0.4 is 0 Å². The molecule has 0 aromatic heterocycles. The molecule has 5 nitrogen and oxygen atoms in total. The van der Waals surface area contributed by atoms with Gasteiger partial charge >= 0.3 is 0 Å². The van der Waals surface area contributed by atoms with E-state index in [0.29, 0.717) is 39.5 Å². The van der Waals surface area contributed by atoms with Gasteiger partial charge in [0.2, 0.25) is 0 Å². The molecule has 0 unspecified atom stereocenters. The van der Waals surface area contributed by atoms with Crippen LogP contribution in [0.1, 0.15) is 33.4 Å². The predicted octanol–water partition coefficient (Wildman–Crippen LogP) is 8.28. The van der Waals surface area contributed by atoms with Crippen molar-refractivity contribution in [2.24, 2.45) is 0 Å². The van der Waals surface area contributed by atoms with Crippen LogP contribution in [0.15, 0.2) is 146 Å². The van der Waals surface area contributed by atoms with Crippen molar-refractivity contribution in [1.82, 2.24) is 0 Å². The topological polar surface area (TPSA) is 46.2 Å². The minimum absolute atomic E-state index is 0.288. The van der Waals surface area contributed by atoms with Crippen LogP contribution in [-0.2, 0) is 56.5 Å². The SMILES string of the molecule is Cc1ccc(C[C@@H]2O[C@H](COCc3ccccc3)[C@@H](OCc3ccccc3)[C@H](OCc3ccccc3)[C@H]2OCc2ccccc2)cc1. The zero-order chi connectivity index (χ0) is 32.1. The Morgan fingerprint density at radius 2 is 0.830 bits per heavy atom. The Labute approximate surface area is 279 Å². The molecule has 1 fully saturated rings. The summed E-state index contributed by atoms with van der Waals surface area (Å²) in [6.45, 7) is 4.23. The van der Waals surface area contributed by atoms with E-state index in [1.807, 2.05) is 72.8 Å². The normalized spacial score (nSPS) is 21.0. The van der Waals surface area contributed by atoms with Gasteiger partial charge in [0, 0.05) is 6.42 Å². The second-order valence-corrected chi connectivity index (χ2v) is 12.2. The van der Waals surface area contributed by atoms with Gasteiger partial charge < -0.3 is 23.7 Å². The van der Waals surface area contributed by atoms with Gasteiger partial charge in [0.05, 0.1) is 39.1 Å². The monoisotopic (exact) mass is 628 g/mol. The summed E-state index contributed by atoms with van der Waals surface area (Å²) in [6, 6.07) is 49.6. The first-order valence-electron chi connectivity index (χ1n) is 16.5. The third kappa shape index (κ3) is 9.71. The maximum absolute atomic E-state index is 6.99. The van der Waals surface area contributed by atoms with Gasteiger partial charge in [0.1, 0.15) is 24.4 Å².